The van der Waals surface area contributed by atoms with Crippen LogP contribution in [-0.2, 0) is 4.74 Å². The third kappa shape index (κ3) is 4.29. The van der Waals surface area contributed by atoms with E-state index < -0.39 is 0 Å². The molecular weight excluding hydrogens is 232 g/mol. The zero-order valence-electron chi connectivity index (χ0n) is 11.1. The number of aromatic nitrogens is 2. The first-order valence-electron chi connectivity index (χ1n) is 6.02. The molecule has 0 radical (unpaired) electrons. The Morgan fingerprint density at radius 3 is 2.72 bits per heavy atom. The Bertz CT molecular complexity index is 361. The number of methoxy groups -OCH3 is 1. The van der Waals surface area contributed by atoms with E-state index in [2.05, 4.69) is 27.8 Å². The zero-order chi connectivity index (χ0) is 13.4. The summed E-state index contributed by atoms with van der Waals surface area (Å²) in [4.78, 5) is 11.3. The van der Waals surface area contributed by atoms with Crippen molar-refractivity contribution in [1.29, 1.82) is 0 Å². The van der Waals surface area contributed by atoms with E-state index in [4.69, 9.17) is 4.74 Å². The molecule has 0 aliphatic carbocycles. The quantitative estimate of drug-likeness (QED) is 0.759. The van der Waals surface area contributed by atoms with Crippen molar-refractivity contribution in [2.75, 3.05) is 26.1 Å². The lowest BCUT2D eigenvalue weighted by atomic mass is 10.2. The van der Waals surface area contributed by atoms with Crippen LogP contribution in [0, 0.1) is 0 Å². The molecule has 0 aliphatic heterocycles. The van der Waals surface area contributed by atoms with Gasteiger partial charge in [-0.1, -0.05) is 13.3 Å². The summed E-state index contributed by atoms with van der Waals surface area (Å²) in [6.07, 6.45) is 2.05. The average molecular weight is 252 g/mol. The van der Waals surface area contributed by atoms with Gasteiger partial charge in [-0.05, 0) is 18.6 Å². The lowest BCUT2D eigenvalue weighted by Gasteiger charge is -2.17. The number of ether oxygens (including phenoxy) is 1. The number of hydrogen-bond donors (Lipinski definition) is 2. The summed E-state index contributed by atoms with van der Waals surface area (Å²) in [5, 5.41) is 13.6. The van der Waals surface area contributed by atoms with Crippen molar-refractivity contribution in [1.82, 2.24) is 15.5 Å². The highest BCUT2D eigenvalue weighted by Gasteiger charge is 2.09. The van der Waals surface area contributed by atoms with E-state index >= 15 is 0 Å². The van der Waals surface area contributed by atoms with Gasteiger partial charge in [0.25, 0.3) is 5.91 Å². The number of nitrogens with zero attached hydrogens (tertiary/aromatic N) is 2. The molecule has 100 valence electrons. The van der Waals surface area contributed by atoms with Crippen LogP contribution in [0.3, 0.4) is 0 Å². The number of nitrogens with one attached hydrogen (secondary N) is 2. The van der Waals surface area contributed by atoms with Crippen LogP contribution in [-0.4, -0.2) is 42.9 Å². The van der Waals surface area contributed by atoms with E-state index in [9.17, 15) is 4.79 Å². The minimum atomic E-state index is -0.240. The van der Waals surface area contributed by atoms with Crippen molar-refractivity contribution in [2.24, 2.45) is 0 Å². The van der Waals surface area contributed by atoms with Crippen molar-refractivity contribution >= 4 is 11.7 Å². The second-order valence-electron chi connectivity index (χ2n) is 3.97. The number of rotatable bonds is 7. The maximum atomic E-state index is 11.3. The number of amides is 1. The summed E-state index contributed by atoms with van der Waals surface area (Å²) in [5.74, 6) is 0.411. The molecule has 1 aromatic heterocycles. The van der Waals surface area contributed by atoms with Crippen molar-refractivity contribution in [3.05, 3.63) is 17.8 Å². The van der Waals surface area contributed by atoms with Gasteiger partial charge in [0.05, 0.1) is 12.6 Å². The zero-order valence-corrected chi connectivity index (χ0v) is 11.1. The van der Waals surface area contributed by atoms with Gasteiger partial charge in [0, 0.05) is 14.2 Å². The molecule has 0 fully saturated rings. The van der Waals surface area contributed by atoms with Crippen LogP contribution in [0.5, 0.6) is 0 Å². The van der Waals surface area contributed by atoms with Crippen LogP contribution >= 0.6 is 0 Å². The van der Waals surface area contributed by atoms with Crippen LogP contribution in [0.15, 0.2) is 12.1 Å². The Balaban J connectivity index is 2.63. The Labute approximate surface area is 107 Å². The van der Waals surface area contributed by atoms with Crippen LogP contribution in [0.1, 0.15) is 30.3 Å². The fourth-order valence-electron chi connectivity index (χ4n) is 1.61. The number of carbonyl (C=O) groups is 1. The normalized spacial score (nSPS) is 11.9. The summed E-state index contributed by atoms with van der Waals surface area (Å²) in [7, 11) is 3.23. The Hall–Kier alpha value is -1.69. The minimum absolute atomic E-state index is 0.208. The molecule has 1 rings (SSSR count). The van der Waals surface area contributed by atoms with E-state index in [0.717, 1.165) is 12.8 Å². The molecule has 1 unspecified atom stereocenters. The van der Waals surface area contributed by atoms with Gasteiger partial charge in [0.1, 0.15) is 5.82 Å². The van der Waals surface area contributed by atoms with Crippen molar-refractivity contribution in [2.45, 2.75) is 25.8 Å². The lowest BCUT2D eigenvalue weighted by Crippen LogP contribution is -2.26. The van der Waals surface area contributed by atoms with E-state index in [1.54, 1.807) is 26.3 Å². The first-order chi connectivity index (χ1) is 8.71. The molecule has 1 heterocycles. The van der Waals surface area contributed by atoms with Gasteiger partial charge < -0.3 is 15.4 Å². The molecule has 6 nitrogen and oxygen atoms in total. The summed E-state index contributed by atoms with van der Waals surface area (Å²) in [6, 6.07) is 3.60. The molecule has 0 saturated carbocycles. The first kappa shape index (κ1) is 14.4. The predicted molar refractivity (Wildman–Crippen MR) is 69.6 cm³/mol. The van der Waals surface area contributed by atoms with Gasteiger partial charge >= 0.3 is 0 Å². The van der Waals surface area contributed by atoms with E-state index in [-0.39, 0.29) is 11.9 Å². The average Bonchev–Trinajstić information content (AvgIpc) is 2.39. The van der Waals surface area contributed by atoms with Crippen LogP contribution in [0.25, 0.3) is 0 Å². The molecule has 0 bridgehead atoms. The molecule has 1 aromatic rings. The van der Waals surface area contributed by atoms with Crippen molar-refractivity contribution < 1.29 is 9.53 Å². The third-order valence-corrected chi connectivity index (χ3v) is 2.48. The largest absolute Gasteiger partial charge is 0.383 e. The van der Waals surface area contributed by atoms with Gasteiger partial charge in [-0.15, -0.1) is 10.2 Å². The third-order valence-electron chi connectivity index (χ3n) is 2.48. The van der Waals surface area contributed by atoms with E-state index in [0.29, 0.717) is 18.1 Å². The molecule has 1 amide bonds. The van der Waals surface area contributed by atoms with E-state index in [1.165, 1.54) is 0 Å². The second-order valence-corrected chi connectivity index (χ2v) is 3.97. The molecule has 0 aliphatic rings. The Morgan fingerprint density at radius 1 is 1.44 bits per heavy atom. The highest BCUT2D eigenvalue weighted by atomic mass is 16.5. The standard InChI is InChI=1S/C12H20N4O2/c1-4-5-9(8-18-3)14-11-7-6-10(15-16-11)12(17)13-2/h6-7,9H,4-5,8H2,1-3H3,(H,13,17)(H,14,16). The molecule has 2 N–H and O–H groups in total. The molecular formula is C12H20N4O2. The lowest BCUT2D eigenvalue weighted by molar-refractivity contribution is 0.0957. The topological polar surface area (TPSA) is 76.1 Å². The highest BCUT2D eigenvalue weighted by Crippen LogP contribution is 2.08. The van der Waals surface area contributed by atoms with Gasteiger partial charge in [0.15, 0.2) is 5.69 Å². The molecule has 18 heavy (non-hydrogen) atoms. The maximum Gasteiger partial charge on any atom is 0.271 e. The van der Waals surface area contributed by atoms with Gasteiger partial charge in [-0.3, -0.25) is 4.79 Å². The fourth-order valence-corrected chi connectivity index (χ4v) is 1.61. The molecule has 0 spiro atoms. The predicted octanol–water partition coefficient (Wildman–Crippen LogP) is 1.06. The summed E-state index contributed by atoms with van der Waals surface area (Å²) in [6.45, 7) is 2.73. The Morgan fingerprint density at radius 2 is 2.22 bits per heavy atom. The van der Waals surface area contributed by atoms with E-state index in [1.807, 2.05) is 0 Å². The van der Waals surface area contributed by atoms with Crippen LogP contribution < -0.4 is 10.6 Å². The second kappa shape index (κ2) is 7.60. The van der Waals surface area contributed by atoms with Gasteiger partial charge in [-0.2, -0.15) is 0 Å². The summed E-state index contributed by atoms with van der Waals surface area (Å²) in [5.41, 5.74) is 0.307. The Kier molecular flexibility index (Phi) is 6.07. The monoisotopic (exact) mass is 252 g/mol. The fraction of sp³-hybridized carbons (Fsp3) is 0.583. The highest BCUT2D eigenvalue weighted by molar-refractivity contribution is 5.91. The minimum Gasteiger partial charge on any atom is -0.383 e. The molecule has 0 saturated heterocycles. The van der Waals surface area contributed by atoms with Crippen molar-refractivity contribution in [3.8, 4) is 0 Å². The molecule has 1 atom stereocenters. The smallest absolute Gasteiger partial charge is 0.271 e. The summed E-state index contributed by atoms with van der Waals surface area (Å²) >= 11 is 0. The SMILES string of the molecule is CCCC(COC)Nc1ccc(C(=O)NC)nn1. The summed E-state index contributed by atoms with van der Waals surface area (Å²) < 4.78 is 5.13. The van der Waals surface area contributed by atoms with Gasteiger partial charge in [-0.25, -0.2) is 0 Å². The maximum absolute atomic E-state index is 11.3. The van der Waals surface area contributed by atoms with Gasteiger partial charge in [0.2, 0.25) is 0 Å². The van der Waals surface area contributed by atoms with Crippen molar-refractivity contribution in [3.63, 3.8) is 0 Å². The first-order valence-corrected chi connectivity index (χ1v) is 6.02. The number of hydrogen-bond acceptors (Lipinski definition) is 5. The van der Waals surface area contributed by atoms with Crippen LogP contribution in [0.4, 0.5) is 5.82 Å². The number of carbonyl (C=O) groups excluding carboxylic acids is 1. The molecule has 6 heteroatoms. The van der Waals surface area contributed by atoms with Crippen LogP contribution in [0.2, 0.25) is 0 Å². The molecule has 0 aromatic carbocycles. The number of anilines is 1.